The van der Waals surface area contributed by atoms with Crippen LogP contribution in [0.3, 0.4) is 0 Å². The molecule has 0 fully saturated rings. The van der Waals surface area contributed by atoms with Crippen molar-refractivity contribution in [3.8, 4) is 0 Å². The minimum atomic E-state index is -0.738. The number of carbonyl (C=O) groups is 1. The van der Waals surface area contributed by atoms with Crippen molar-refractivity contribution in [1.82, 2.24) is 0 Å². The third-order valence-electron chi connectivity index (χ3n) is 1.49. The summed E-state index contributed by atoms with van der Waals surface area (Å²) in [6.45, 7) is 2.58. The summed E-state index contributed by atoms with van der Waals surface area (Å²) in [7, 11) is 0. The fourth-order valence-electron chi connectivity index (χ4n) is 0.878. The van der Waals surface area contributed by atoms with Crippen LogP contribution in [-0.4, -0.2) is 29.7 Å². The van der Waals surface area contributed by atoms with Gasteiger partial charge in [-0.15, -0.1) is 0 Å². The normalized spacial score (nSPS) is 27.2. The third-order valence-corrected chi connectivity index (χ3v) is 2.33. The molecule has 1 aliphatic rings. The van der Waals surface area contributed by atoms with E-state index in [4.69, 9.17) is 4.74 Å². The van der Waals surface area contributed by atoms with Gasteiger partial charge in [0.1, 0.15) is 0 Å². The first-order chi connectivity index (χ1) is 5.69. The highest BCUT2D eigenvalue weighted by atomic mass is 79.9. The first-order valence-electron chi connectivity index (χ1n) is 3.73. The maximum Gasteiger partial charge on any atom is 0.328 e. The second-order valence-electron chi connectivity index (χ2n) is 2.43. The monoisotopic (exact) mass is 231 g/mol. The van der Waals surface area contributed by atoms with E-state index in [1.807, 2.05) is 0 Å². The molecule has 0 saturated carbocycles. The highest BCUT2D eigenvalue weighted by Crippen LogP contribution is 2.24. The van der Waals surface area contributed by atoms with Gasteiger partial charge >= 0.3 is 5.97 Å². The zero-order chi connectivity index (χ0) is 9.03. The lowest BCUT2D eigenvalue weighted by atomic mass is 10.1. The van der Waals surface area contributed by atoms with Crippen molar-refractivity contribution < 1.29 is 9.53 Å². The molecule has 1 atom stereocenters. The number of rotatable bonds is 2. The van der Waals surface area contributed by atoms with E-state index in [2.05, 4.69) is 20.9 Å². The van der Waals surface area contributed by atoms with Gasteiger partial charge in [-0.2, -0.15) is 0 Å². The topological polar surface area (TPSA) is 38.7 Å². The SMILES string of the molecule is CCOC(=O)C1(Br)C=CC=NC1. The molecule has 0 aliphatic carbocycles. The average molecular weight is 232 g/mol. The summed E-state index contributed by atoms with van der Waals surface area (Å²) in [6, 6.07) is 0. The average Bonchev–Trinajstić information content (AvgIpc) is 2.06. The quantitative estimate of drug-likeness (QED) is 0.532. The number of alkyl halides is 1. The molecule has 0 N–H and O–H groups in total. The highest BCUT2D eigenvalue weighted by Gasteiger charge is 2.34. The van der Waals surface area contributed by atoms with Gasteiger partial charge in [0, 0.05) is 6.21 Å². The molecule has 1 aliphatic heterocycles. The van der Waals surface area contributed by atoms with Crippen LogP contribution < -0.4 is 0 Å². The molecule has 1 rings (SSSR count). The van der Waals surface area contributed by atoms with Crippen LogP contribution in [0.4, 0.5) is 0 Å². The van der Waals surface area contributed by atoms with Gasteiger partial charge in [0.25, 0.3) is 0 Å². The van der Waals surface area contributed by atoms with E-state index >= 15 is 0 Å². The molecule has 4 heteroatoms. The van der Waals surface area contributed by atoms with Crippen molar-refractivity contribution in [1.29, 1.82) is 0 Å². The van der Waals surface area contributed by atoms with Gasteiger partial charge in [0.2, 0.25) is 0 Å². The number of halogens is 1. The first kappa shape index (κ1) is 9.45. The van der Waals surface area contributed by atoms with Crippen molar-refractivity contribution in [2.45, 2.75) is 11.2 Å². The zero-order valence-electron chi connectivity index (χ0n) is 6.79. The van der Waals surface area contributed by atoms with E-state index in [0.717, 1.165) is 0 Å². The van der Waals surface area contributed by atoms with Crippen LogP contribution in [-0.2, 0) is 9.53 Å². The lowest BCUT2D eigenvalue weighted by Gasteiger charge is -2.20. The number of ether oxygens (including phenoxy) is 1. The standard InChI is InChI=1S/C8H10BrNO2/c1-2-12-7(11)8(9)4-3-5-10-6-8/h3-5H,2,6H2,1H3. The number of dihydropyridines is 1. The molecule has 12 heavy (non-hydrogen) atoms. The Bertz CT molecular complexity index is 237. The summed E-state index contributed by atoms with van der Waals surface area (Å²) in [5, 5.41) is 0. The molecule has 0 aromatic heterocycles. The number of allylic oxidation sites excluding steroid dienone is 1. The molecule has 0 amide bonds. The molecular weight excluding hydrogens is 222 g/mol. The number of esters is 1. The number of carbonyl (C=O) groups excluding carboxylic acids is 1. The Morgan fingerprint density at radius 3 is 3.08 bits per heavy atom. The molecule has 1 unspecified atom stereocenters. The van der Waals surface area contributed by atoms with Crippen LogP contribution in [0.25, 0.3) is 0 Å². The first-order valence-corrected chi connectivity index (χ1v) is 4.52. The van der Waals surface area contributed by atoms with Gasteiger partial charge in [-0.1, -0.05) is 22.0 Å². The molecule has 0 aromatic carbocycles. The lowest BCUT2D eigenvalue weighted by molar-refractivity contribution is -0.144. The Morgan fingerprint density at radius 2 is 2.58 bits per heavy atom. The smallest absolute Gasteiger partial charge is 0.328 e. The fraction of sp³-hybridized carbons (Fsp3) is 0.500. The van der Waals surface area contributed by atoms with E-state index in [9.17, 15) is 4.79 Å². The molecule has 3 nitrogen and oxygen atoms in total. The minimum Gasteiger partial charge on any atom is -0.465 e. The Morgan fingerprint density at radius 1 is 1.83 bits per heavy atom. The maximum atomic E-state index is 11.3. The molecular formula is C8H10BrNO2. The summed E-state index contributed by atoms with van der Waals surface area (Å²) in [5.74, 6) is -0.280. The van der Waals surface area contributed by atoms with Crippen LogP contribution in [0.2, 0.25) is 0 Å². The number of hydrogen-bond acceptors (Lipinski definition) is 3. The number of aliphatic imine (C=N–C) groups is 1. The van der Waals surface area contributed by atoms with E-state index in [0.29, 0.717) is 13.2 Å². The van der Waals surface area contributed by atoms with E-state index < -0.39 is 4.32 Å². The second kappa shape index (κ2) is 3.85. The summed E-state index contributed by atoms with van der Waals surface area (Å²) in [6.07, 6.45) is 5.14. The van der Waals surface area contributed by atoms with Gasteiger partial charge in [-0.3, -0.25) is 9.79 Å². The van der Waals surface area contributed by atoms with E-state index in [-0.39, 0.29) is 5.97 Å². The summed E-state index contributed by atoms with van der Waals surface area (Å²) in [5.41, 5.74) is 0. The molecule has 1 heterocycles. The van der Waals surface area contributed by atoms with Crippen molar-refractivity contribution in [2.24, 2.45) is 4.99 Å². The Hall–Kier alpha value is -0.640. The summed E-state index contributed by atoms with van der Waals surface area (Å²) in [4.78, 5) is 15.3. The van der Waals surface area contributed by atoms with Crippen molar-refractivity contribution >= 4 is 28.1 Å². The third kappa shape index (κ3) is 1.94. The molecule has 0 radical (unpaired) electrons. The van der Waals surface area contributed by atoms with Crippen LogP contribution in [0.5, 0.6) is 0 Å². The zero-order valence-corrected chi connectivity index (χ0v) is 8.37. The van der Waals surface area contributed by atoms with Gasteiger partial charge < -0.3 is 4.74 Å². The Labute approximate surface area is 79.6 Å². The molecule has 0 saturated heterocycles. The Kier molecular flexibility index (Phi) is 3.03. The van der Waals surface area contributed by atoms with Crippen LogP contribution in [0.15, 0.2) is 17.1 Å². The van der Waals surface area contributed by atoms with Crippen molar-refractivity contribution in [2.75, 3.05) is 13.2 Å². The van der Waals surface area contributed by atoms with Crippen LogP contribution >= 0.6 is 15.9 Å². The predicted octanol–water partition coefficient (Wildman–Crippen LogP) is 1.32. The lowest BCUT2D eigenvalue weighted by Crippen LogP contribution is -2.36. The van der Waals surface area contributed by atoms with Gasteiger partial charge in [0.15, 0.2) is 4.32 Å². The summed E-state index contributed by atoms with van der Waals surface area (Å²) < 4.78 is 4.14. The van der Waals surface area contributed by atoms with Gasteiger partial charge in [-0.05, 0) is 13.0 Å². The van der Waals surface area contributed by atoms with E-state index in [1.165, 1.54) is 0 Å². The highest BCUT2D eigenvalue weighted by molar-refractivity contribution is 9.10. The molecule has 0 bridgehead atoms. The van der Waals surface area contributed by atoms with Gasteiger partial charge in [-0.25, -0.2) is 0 Å². The van der Waals surface area contributed by atoms with Crippen molar-refractivity contribution in [3.63, 3.8) is 0 Å². The fourth-order valence-corrected chi connectivity index (χ4v) is 1.29. The number of hydrogen-bond donors (Lipinski definition) is 0. The van der Waals surface area contributed by atoms with Gasteiger partial charge in [0.05, 0.1) is 13.2 Å². The summed E-state index contributed by atoms with van der Waals surface area (Å²) >= 11 is 3.29. The second-order valence-corrected chi connectivity index (χ2v) is 3.85. The number of nitrogens with zero attached hydrogens (tertiary/aromatic N) is 1. The predicted molar refractivity (Wildman–Crippen MR) is 50.8 cm³/mol. The van der Waals surface area contributed by atoms with Crippen molar-refractivity contribution in [3.05, 3.63) is 12.2 Å². The maximum absolute atomic E-state index is 11.3. The Balaban J connectivity index is 2.65. The molecule has 66 valence electrons. The minimum absolute atomic E-state index is 0.280. The van der Waals surface area contributed by atoms with Crippen LogP contribution in [0.1, 0.15) is 6.92 Å². The van der Waals surface area contributed by atoms with E-state index in [1.54, 1.807) is 25.3 Å². The molecule has 0 aromatic rings. The largest absolute Gasteiger partial charge is 0.465 e. The van der Waals surface area contributed by atoms with Crippen LogP contribution in [0, 0.1) is 0 Å². The molecule has 0 spiro atoms.